The third-order valence-corrected chi connectivity index (χ3v) is 15.6. The molecule has 0 fully saturated rings. The van der Waals surface area contributed by atoms with Gasteiger partial charge in [-0.05, 0) is 116 Å². The largest absolute Gasteiger partial charge is 0.309 e. The Bertz CT molecular complexity index is 4390. The van der Waals surface area contributed by atoms with Gasteiger partial charge in [-0.1, -0.05) is 181 Å². The molecular weight excluding hydrogens is 935 g/mol. The van der Waals surface area contributed by atoms with Crippen molar-refractivity contribution in [3.8, 4) is 73.2 Å². The van der Waals surface area contributed by atoms with Gasteiger partial charge in [0, 0.05) is 71.5 Å². The van der Waals surface area contributed by atoms with Crippen molar-refractivity contribution in [2.24, 2.45) is 0 Å². The maximum absolute atomic E-state index is 5.47. The number of hydrogen-bond donors (Lipinski definition) is 0. The molecule has 77 heavy (non-hydrogen) atoms. The summed E-state index contributed by atoms with van der Waals surface area (Å²) in [5, 5.41) is 7.41. The van der Waals surface area contributed by atoms with Gasteiger partial charge in [0.15, 0.2) is 5.82 Å². The van der Waals surface area contributed by atoms with E-state index >= 15 is 0 Å². The normalized spacial score (nSPS) is 11.8. The zero-order valence-corrected chi connectivity index (χ0v) is 42.6. The van der Waals surface area contributed by atoms with Crippen LogP contribution in [0.2, 0.25) is 0 Å². The smallest absolute Gasteiger partial charge is 0.160 e. The Kier molecular flexibility index (Phi) is 10.3. The summed E-state index contributed by atoms with van der Waals surface area (Å²) >= 11 is 0. The highest BCUT2D eigenvalue weighted by Gasteiger charge is 2.24. The lowest BCUT2D eigenvalue weighted by Crippen LogP contribution is -2.03. The first-order valence-corrected chi connectivity index (χ1v) is 26.4. The van der Waals surface area contributed by atoms with Gasteiger partial charge >= 0.3 is 0 Å². The van der Waals surface area contributed by atoms with Crippen molar-refractivity contribution in [3.63, 3.8) is 0 Å². The summed E-state index contributed by atoms with van der Waals surface area (Å²) in [6.45, 7) is 4.38. The number of aromatic nitrogens is 5. The fourth-order valence-corrected chi connectivity index (χ4v) is 12.0. The molecule has 15 aromatic rings. The summed E-state index contributed by atoms with van der Waals surface area (Å²) in [5.41, 5.74) is 21.8. The Labute approximate surface area is 445 Å². The van der Waals surface area contributed by atoms with Crippen LogP contribution < -0.4 is 0 Å². The van der Waals surface area contributed by atoms with Crippen LogP contribution in [0.1, 0.15) is 11.1 Å². The Morgan fingerprint density at radius 3 is 1.05 bits per heavy atom. The highest BCUT2D eigenvalue weighted by Crippen LogP contribution is 2.46. The quantitative estimate of drug-likeness (QED) is 0.152. The molecule has 0 spiro atoms. The minimum absolute atomic E-state index is 0.674. The summed E-state index contributed by atoms with van der Waals surface area (Å²) in [7, 11) is 0. The van der Waals surface area contributed by atoms with Crippen LogP contribution in [0, 0.1) is 13.8 Å². The minimum atomic E-state index is 0.674. The molecule has 4 aromatic heterocycles. The Morgan fingerprint density at radius 2 is 0.623 bits per heavy atom. The molecule has 0 atom stereocenters. The van der Waals surface area contributed by atoms with Gasteiger partial charge in [0.25, 0.3) is 0 Å². The number of aryl methyl sites for hydroxylation is 2. The van der Waals surface area contributed by atoms with Gasteiger partial charge in [-0.3, -0.25) is 0 Å². The zero-order valence-electron chi connectivity index (χ0n) is 42.6. The number of para-hydroxylation sites is 4. The first kappa shape index (κ1) is 44.4. The van der Waals surface area contributed by atoms with Crippen molar-refractivity contribution >= 4 is 65.4 Å². The van der Waals surface area contributed by atoms with Crippen molar-refractivity contribution in [2.45, 2.75) is 13.8 Å². The van der Waals surface area contributed by atoms with Crippen LogP contribution in [0.4, 0.5) is 0 Å². The molecule has 0 radical (unpaired) electrons. The van der Waals surface area contributed by atoms with Crippen molar-refractivity contribution in [1.82, 2.24) is 23.7 Å². The molecule has 5 heteroatoms. The standard InChI is InChI=1S/C72H49N5/c1-46-29-39-69-61(41-46)62-42-47(2)30-40-70(62)77(69)71-59(48-31-35-53(36-32-48)75-65-25-13-9-21-55(65)56-22-10-14-26-66(56)75)43-52(64-45-63(50-17-5-3-6-18-50)73-72(74-64)51-19-7-4-8-20-51)44-60(71)49-33-37-54(38-34-49)76-67-27-15-11-23-57(67)58-24-12-16-28-68(58)76/h3-45H,1-2H3. The van der Waals surface area contributed by atoms with Gasteiger partial charge in [-0.15, -0.1) is 0 Å². The third-order valence-electron chi connectivity index (χ3n) is 15.6. The fourth-order valence-electron chi connectivity index (χ4n) is 12.0. The van der Waals surface area contributed by atoms with E-state index in [0.717, 1.165) is 78.4 Å². The van der Waals surface area contributed by atoms with E-state index in [4.69, 9.17) is 9.97 Å². The van der Waals surface area contributed by atoms with E-state index in [9.17, 15) is 0 Å². The number of hydrogen-bond acceptors (Lipinski definition) is 2. The third kappa shape index (κ3) is 7.31. The highest BCUT2D eigenvalue weighted by atomic mass is 15.0. The number of rotatable bonds is 8. The number of fused-ring (bicyclic) bond motifs is 9. The van der Waals surface area contributed by atoms with Gasteiger partial charge in [-0.25, -0.2) is 9.97 Å². The van der Waals surface area contributed by atoms with Gasteiger partial charge < -0.3 is 13.7 Å². The van der Waals surface area contributed by atoms with Crippen molar-refractivity contribution in [3.05, 3.63) is 272 Å². The SMILES string of the molecule is Cc1ccc2c(c1)c1cc(C)ccc1n2-c1c(-c2ccc(-n3c4ccccc4c4ccccc43)cc2)cc(-c2cc(-c3ccccc3)nc(-c3ccccc3)n2)cc1-c1ccc(-n2c3ccccc3c3ccccc32)cc1. The summed E-state index contributed by atoms with van der Waals surface area (Å²) in [6.07, 6.45) is 0. The van der Waals surface area contributed by atoms with Gasteiger partial charge in [0.1, 0.15) is 0 Å². The van der Waals surface area contributed by atoms with Crippen LogP contribution in [-0.4, -0.2) is 23.7 Å². The molecular formula is C72H49N5. The van der Waals surface area contributed by atoms with Gasteiger partial charge in [0.05, 0.1) is 50.2 Å². The maximum atomic E-state index is 5.47. The molecule has 0 aliphatic rings. The first-order valence-electron chi connectivity index (χ1n) is 26.4. The van der Waals surface area contributed by atoms with Crippen molar-refractivity contribution in [2.75, 3.05) is 0 Å². The molecule has 11 aromatic carbocycles. The summed E-state index contributed by atoms with van der Waals surface area (Å²) in [5.74, 6) is 0.674. The van der Waals surface area contributed by atoms with E-state index in [-0.39, 0.29) is 0 Å². The van der Waals surface area contributed by atoms with Crippen LogP contribution in [0.15, 0.2) is 261 Å². The second kappa shape index (κ2) is 17.8. The van der Waals surface area contributed by atoms with Crippen LogP contribution in [-0.2, 0) is 0 Å². The fraction of sp³-hybridized carbons (Fsp3) is 0.0278. The summed E-state index contributed by atoms with van der Waals surface area (Å²) in [6, 6.07) is 94.8. The molecule has 0 aliphatic heterocycles. The molecule has 5 nitrogen and oxygen atoms in total. The molecule has 0 aliphatic carbocycles. The van der Waals surface area contributed by atoms with E-state index in [2.05, 4.69) is 282 Å². The Hall–Kier alpha value is -10.1. The van der Waals surface area contributed by atoms with E-state index < -0.39 is 0 Å². The van der Waals surface area contributed by atoms with Gasteiger partial charge in [-0.2, -0.15) is 0 Å². The molecule has 0 N–H and O–H groups in total. The lowest BCUT2D eigenvalue weighted by atomic mass is 9.91. The summed E-state index contributed by atoms with van der Waals surface area (Å²) in [4.78, 5) is 10.7. The molecule has 0 amide bonds. The van der Waals surface area contributed by atoms with Crippen molar-refractivity contribution in [1.29, 1.82) is 0 Å². The zero-order chi connectivity index (χ0) is 51.1. The molecule has 0 bridgehead atoms. The second-order valence-electron chi connectivity index (χ2n) is 20.3. The number of benzene rings is 11. The predicted octanol–water partition coefficient (Wildman–Crippen LogP) is 18.7. The molecule has 0 unspecified atom stereocenters. The van der Waals surface area contributed by atoms with Crippen molar-refractivity contribution < 1.29 is 0 Å². The Morgan fingerprint density at radius 1 is 0.260 bits per heavy atom. The highest BCUT2D eigenvalue weighted by molar-refractivity contribution is 6.13. The number of nitrogens with zero attached hydrogens (tertiary/aromatic N) is 5. The van der Waals surface area contributed by atoms with E-state index in [1.807, 2.05) is 6.07 Å². The van der Waals surface area contributed by atoms with E-state index in [1.165, 1.54) is 65.5 Å². The second-order valence-corrected chi connectivity index (χ2v) is 20.3. The first-order chi connectivity index (χ1) is 38.0. The van der Waals surface area contributed by atoms with Crippen LogP contribution in [0.3, 0.4) is 0 Å². The summed E-state index contributed by atoms with van der Waals surface area (Å²) < 4.78 is 7.31. The molecule has 362 valence electrons. The lowest BCUT2D eigenvalue weighted by molar-refractivity contribution is 1.16. The molecule has 15 rings (SSSR count). The monoisotopic (exact) mass is 983 g/mol. The predicted molar refractivity (Wildman–Crippen MR) is 322 cm³/mol. The van der Waals surface area contributed by atoms with Gasteiger partial charge in [0.2, 0.25) is 0 Å². The average molecular weight is 984 g/mol. The van der Waals surface area contributed by atoms with Crippen LogP contribution in [0.5, 0.6) is 0 Å². The maximum Gasteiger partial charge on any atom is 0.160 e. The van der Waals surface area contributed by atoms with Crippen LogP contribution in [0.25, 0.3) is 139 Å². The average Bonchev–Trinajstić information content (AvgIpc) is 4.17. The Balaban J connectivity index is 1.03. The topological polar surface area (TPSA) is 40.6 Å². The van der Waals surface area contributed by atoms with Crippen LogP contribution >= 0.6 is 0 Å². The molecule has 0 saturated heterocycles. The molecule has 4 heterocycles. The molecule has 0 saturated carbocycles. The van der Waals surface area contributed by atoms with E-state index in [1.54, 1.807) is 0 Å². The minimum Gasteiger partial charge on any atom is -0.309 e. The van der Waals surface area contributed by atoms with E-state index in [0.29, 0.717) is 5.82 Å². The lowest BCUT2D eigenvalue weighted by Gasteiger charge is -2.22.